The zero-order valence-electron chi connectivity index (χ0n) is 8.94. The van der Waals surface area contributed by atoms with E-state index in [1.807, 2.05) is 44.3 Å². The fourth-order valence-corrected chi connectivity index (χ4v) is 1.51. The SMILES string of the molecule is CCn1cc(-c2ccc(C)cc2)c(O)n1. The molecule has 3 nitrogen and oxygen atoms in total. The van der Waals surface area contributed by atoms with Gasteiger partial charge in [0.05, 0.1) is 5.56 Å². The zero-order chi connectivity index (χ0) is 10.8. The first-order chi connectivity index (χ1) is 7.20. The minimum absolute atomic E-state index is 0.0979. The Morgan fingerprint density at radius 3 is 2.47 bits per heavy atom. The maximum atomic E-state index is 9.65. The number of aromatic hydroxyl groups is 1. The van der Waals surface area contributed by atoms with Gasteiger partial charge in [-0.1, -0.05) is 29.8 Å². The average molecular weight is 202 g/mol. The second-order valence-electron chi connectivity index (χ2n) is 3.59. The van der Waals surface area contributed by atoms with Crippen molar-refractivity contribution in [1.82, 2.24) is 9.78 Å². The molecule has 78 valence electrons. The highest BCUT2D eigenvalue weighted by Gasteiger charge is 2.08. The van der Waals surface area contributed by atoms with Crippen molar-refractivity contribution in [3.63, 3.8) is 0 Å². The number of hydrogen-bond acceptors (Lipinski definition) is 2. The summed E-state index contributed by atoms with van der Waals surface area (Å²) < 4.78 is 1.73. The lowest BCUT2D eigenvalue weighted by Crippen LogP contribution is -1.92. The molecular weight excluding hydrogens is 188 g/mol. The van der Waals surface area contributed by atoms with E-state index in [9.17, 15) is 5.11 Å². The number of aryl methyl sites for hydroxylation is 2. The van der Waals surface area contributed by atoms with E-state index in [1.165, 1.54) is 5.56 Å². The van der Waals surface area contributed by atoms with E-state index in [1.54, 1.807) is 4.68 Å². The summed E-state index contributed by atoms with van der Waals surface area (Å²) in [7, 11) is 0. The van der Waals surface area contributed by atoms with Gasteiger partial charge in [0.15, 0.2) is 0 Å². The third-order valence-electron chi connectivity index (χ3n) is 2.43. The Bertz CT molecular complexity index is 457. The van der Waals surface area contributed by atoms with Crippen LogP contribution in [0.25, 0.3) is 11.1 Å². The highest BCUT2D eigenvalue weighted by atomic mass is 16.3. The van der Waals surface area contributed by atoms with Crippen LogP contribution in [0.5, 0.6) is 5.88 Å². The molecule has 1 aromatic heterocycles. The first-order valence-corrected chi connectivity index (χ1v) is 5.04. The summed E-state index contributed by atoms with van der Waals surface area (Å²) in [5, 5.41) is 13.7. The van der Waals surface area contributed by atoms with Crippen LogP contribution in [0.15, 0.2) is 30.5 Å². The zero-order valence-corrected chi connectivity index (χ0v) is 8.94. The maximum Gasteiger partial charge on any atom is 0.238 e. The summed E-state index contributed by atoms with van der Waals surface area (Å²) in [5.74, 6) is 0.0979. The van der Waals surface area contributed by atoms with Gasteiger partial charge in [-0.05, 0) is 19.4 Å². The van der Waals surface area contributed by atoms with E-state index in [0.29, 0.717) is 0 Å². The highest BCUT2D eigenvalue weighted by Crippen LogP contribution is 2.27. The smallest absolute Gasteiger partial charge is 0.238 e. The summed E-state index contributed by atoms with van der Waals surface area (Å²) in [4.78, 5) is 0. The van der Waals surface area contributed by atoms with Gasteiger partial charge in [-0.15, -0.1) is 5.10 Å². The van der Waals surface area contributed by atoms with E-state index >= 15 is 0 Å². The van der Waals surface area contributed by atoms with Crippen LogP contribution in [0.4, 0.5) is 0 Å². The number of hydrogen-bond donors (Lipinski definition) is 1. The molecule has 0 aliphatic rings. The molecule has 0 saturated heterocycles. The van der Waals surface area contributed by atoms with Gasteiger partial charge in [0, 0.05) is 12.7 Å². The summed E-state index contributed by atoms with van der Waals surface area (Å²) >= 11 is 0. The van der Waals surface area contributed by atoms with Crippen molar-refractivity contribution >= 4 is 0 Å². The molecule has 0 aliphatic heterocycles. The number of benzene rings is 1. The maximum absolute atomic E-state index is 9.65. The molecule has 0 unspecified atom stereocenters. The van der Waals surface area contributed by atoms with E-state index in [4.69, 9.17) is 0 Å². The van der Waals surface area contributed by atoms with E-state index in [-0.39, 0.29) is 5.88 Å². The molecule has 1 heterocycles. The molecule has 1 N–H and O–H groups in total. The van der Waals surface area contributed by atoms with Crippen molar-refractivity contribution in [2.75, 3.05) is 0 Å². The molecule has 0 amide bonds. The summed E-state index contributed by atoms with van der Waals surface area (Å²) in [6.07, 6.45) is 1.86. The summed E-state index contributed by atoms with van der Waals surface area (Å²) in [5.41, 5.74) is 3.00. The quantitative estimate of drug-likeness (QED) is 0.812. The third kappa shape index (κ3) is 1.86. The lowest BCUT2D eigenvalue weighted by atomic mass is 10.1. The van der Waals surface area contributed by atoms with Gasteiger partial charge >= 0.3 is 0 Å². The molecule has 2 aromatic rings. The van der Waals surface area contributed by atoms with Crippen molar-refractivity contribution in [3.05, 3.63) is 36.0 Å². The second-order valence-corrected chi connectivity index (χ2v) is 3.59. The monoisotopic (exact) mass is 202 g/mol. The Labute approximate surface area is 89.0 Å². The molecule has 0 radical (unpaired) electrons. The normalized spacial score (nSPS) is 10.5. The first-order valence-electron chi connectivity index (χ1n) is 5.04. The van der Waals surface area contributed by atoms with Gasteiger partial charge in [0.2, 0.25) is 5.88 Å². The Morgan fingerprint density at radius 1 is 1.27 bits per heavy atom. The van der Waals surface area contributed by atoms with E-state index in [2.05, 4.69) is 5.10 Å². The van der Waals surface area contributed by atoms with Crippen LogP contribution in [0, 0.1) is 6.92 Å². The Morgan fingerprint density at radius 2 is 1.93 bits per heavy atom. The van der Waals surface area contributed by atoms with Crippen molar-refractivity contribution in [2.45, 2.75) is 20.4 Å². The predicted molar refractivity (Wildman–Crippen MR) is 59.7 cm³/mol. The Balaban J connectivity index is 2.44. The van der Waals surface area contributed by atoms with Crippen LogP contribution >= 0.6 is 0 Å². The molecule has 0 spiro atoms. The predicted octanol–water partition coefficient (Wildman–Crippen LogP) is 2.58. The third-order valence-corrected chi connectivity index (χ3v) is 2.43. The molecule has 0 saturated carbocycles. The molecule has 0 aliphatic carbocycles. The molecular formula is C12H14N2O. The van der Waals surface area contributed by atoms with Crippen LogP contribution in [0.2, 0.25) is 0 Å². The molecule has 0 bridgehead atoms. The van der Waals surface area contributed by atoms with Gasteiger partial charge in [0.25, 0.3) is 0 Å². The van der Waals surface area contributed by atoms with Crippen LogP contribution < -0.4 is 0 Å². The fraction of sp³-hybridized carbons (Fsp3) is 0.250. The van der Waals surface area contributed by atoms with E-state index in [0.717, 1.165) is 17.7 Å². The second kappa shape index (κ2) is 3.77. The molecule has 15 heavy (non-hydrogen) atoms. The lowest BCUT2D eigenvalue weighted by molar-refractivity contribution is 0.441. The fourth-order valence-electron chi connectivity index (χ4n) is 1.51. The standard InChI is InChI=1S/C12H14N2O/c1-3-14-8-11(12(15)13-14)10-6-4-9(2)5-7-10/h4-8H,3H2,1-2H3,(H,13,15). The summed E-state index contributed by atoms with van der Waals surface area (Å²) in [6.45, 7) is 4.80. The first kappa shape index (κ1) is 9.77. The van der Waals surface area contributed by atoms with Crippen LogP contribution in [-0.4, -0.2) is 14.9 Å². The van der Waals surface area contributed by atoms with E-state index < -0.39 is 0 Å². The van der Waals surface area contributed by atoms with Crippen LogP contribution in [0.1, 0.15) is 12.5 Å². The highest BCUT2D eigenvalue weighted by molar-refractivity contribution is 5.67. The van der Waals surface area contributed by atoms with Crippen molar-refractivity contribution in [3.8, 4) is 17.0 Å². The lowest BCUT2D eigenvalue weighted by Gasteiger charge is -1.98. The number of rotatable bonds is 2. The van der Waals surface area contributed by atoms with Crippen molar-refractivity contribution in [1.29, 1.82) is 0 Å². The van der Waals surface area contributed by atoms with Crippen LogP contribution in [0.3, 0.4) is 0 Å². The van der Waals surface area contributed by atoms with Gasteiger partial charge in [-0.3, -0.25) is 4.68 Å². The van der Waals surface area contributed by atoms with Crippen molar-refractivity contribution < 1.29 is 5.11 Å². The number of nitrogens with zero attached hydrogens (tertiary/aromatic N) is 2. The van der Waals surface area contributed by atoms with Gasteiger partial charge < -0.3 is 5.11 Å². The number of aromatic nitrogens is 2. The molecule has 0 atom stereocenters. The van der Waals surface area contributed by atoms with Gasteiger partial charge in [-0.2, -0.15) is 0 Å². The topological polar surface area (TPSA) is 38.0 Å². The van der Waals surface area contributed by atoms with Crippen LogP contribution in [-0.2, 0) is 6.54 Å². The minimum atomic E-state index is 0.0979. The largest absolute Gasteiger partial charge is 0.492 e. The summed E-state index contributed by atoms with van der Waals surface area (Å²) in [6, 6.07) is 8.04. The van der Waals surface area contributed by atoms with Crippen molar-refractivity contribution in [2.24, 2.45) is 0 Å². The minimum Gasteiger partial charge on any atom is -0.492 e. The molecule has 3 heteroatoms. The Kier molecular flexibility index (Phi) is 2.46. The Hall–Kier alpha value is -1.77. The van der Waals surface area contributed by atoms with Gasteiger partial charge in [0.1, 0.15) is 0 Å². The molecule has 2 rings (SSSR count). The molecule has 1 aromatic carbocycles. The molecule has 0 fully saturated rings. The average Bonchev–Trinajstić information content (AvgIpc) is 2.61. The van der Waals surface area contributed by atoms with Gasteiger partial charge in [-0.25, -0.2) is 0 Å².